The van der Waals surface area contributed by atoms with E-state index in [0.717, 1.165) is 34.5 Å². The van der Waals surface area contributed by atoms with Crippen molar-refractivity contribution in [1.82, 2.24) is 29.0 Å². The first-order valence-electron chi connectivity index (χ1n) is 11.7. The summed E-state index contributed by atoms with van der Waals surface area (Å²) < 4.78 is 3.94. The second kappa shape index (κ2) is 8.16. The highest BCUT2D eigenvalue weighted by Gasteiger charge is 2.34. The van der Waals surface area contributed by atoms with E-state index in [-0.39, 0.29) is 11.8 Å². The van der Waals surface area contributed by atoms with Gasteiger partial charge < -0.3 is 4.57 Å². The Hall–Kier alpha value is -4.33. The molecule has 2 aromatic carbocycles. The Morgan fingerprint density at radius 2 is 1.54 bits per heavy atom. The van der Waals surface area contributed by atoms with E-state index in [1.54, 1.807) is 35.1 Å². The summed E-state index contributed by atoms with van der Waals surface area (Å²) >= 11 is 0. The SMILES string of the molecule is Cc1c(C)n(Cc2ccccc2)c2ncn3nc(CCCN4C(=O)c5ccccc5C4=O)nc3c12. The predicted octanol–water partition coefficient (Wildman–Crippen LogP) is 3.97. The standard InChI is InChI=1S/C27H24N6O2/c1-17-18(2)32(15-19-9-4-3-5-10-19)24-23(17)25-29-22(30-33(25)16-28-24)13-8-14-31-26(34)20-11-6-7-12-21(20)27(31)35/h3-7,9-12,16H,8,13-15H2,1-2H3. The molecule has 0 N–H and O–H groups in total. The number of hydrogen-bond acceptors (Lipinski definition) is 5. The zero-order valence-electron chi connectivity index (χ0n) is 19.6. The monoisotopic (exact) mass is 464 g/mol. The van der Waals surface area contributed by atoms with Gasteiger partial charge in [0.2, 0.25) is 0 Å². The Balaban J connectivity index is 1.25. The van der Waals surface area contributed by atoms with Crippen LogP contribution < -0.4 is 0 Å². The summed E-state index contributed by atoms with van der Waals surface area (Å²) in [6.45, 7) is 5.27. The van der Waals surface area contributed by atoms with Crippen molar-refractivity contribution in [2.24, 2.45) is 0 Å². The summed E-state index contributed by atoms with van der Waals surface area (Å²) in [6.07, 6.45) is 2.85. The topological polar surface area (TPSA) is 85.4 Å². The second-order valence-corrected chi connectivity index (χ2v) is 8.93. The van der Waals surface area contributed by atoms with Crippen molar-refractivity contribution >= 4 is 28.5 Å². The normalized spacial score (nSPS) is 13.4. The van der Waals surface area contributed by atoms with Gasteiger partial charge in [0.05, 0.1) is 16.5 Å². The molecule has 0 bridgehead atoms. The van der Waals surface area contributed by atoms with Gasteiger partial charge in [-0.1, -0.05) is 42.5 Å². The van der Waals surface area contributed by atoms with Crippen LogP contribution in [0.3, 0.4) is 0 Å². The van der Waals surface area contributed by atoms with E-state index in [1.165, 1.54) is 10.5 Å². The van der Waals surface area contributed by atoms with Crippen molar-refractivity contribution in [2.45, 2.75) is 33.2 Å². The predicted molar refractivity (Wildman–Crippen MR) is 131 cm³/mol. The van der Waals surface area contributed by atoms with Gasteiger partial charge in [-0.05, 0) is 43.5 Å². The molecule has 0 saturated heterocycles. The molecule has 6 rings (SSSR count). The lowest BCUT2D eigenvalue weighted by Crippen LogP contribution is -2.31. The minimum atomic E-state index is -0.231. The number of aromatic nitrogens is 5. The lowest BCUT2D eigenvalue weighted by Gasteiger charge is -2.12. The molecule has 8 nitrogen and oxygen atoms in total. The van der Waals surface area contributed by atoms with E-state index in [9.17, 15) is 9.59 Å². The lowest BCUT2D eigenvalue weighted by molar-refractivity contribution is 0.0652. The van der Waals surface area contributed by atoms with Crippen LogP contribution in [0.25, 0.3) is 16.7 Å². The van der Waals surface area contributed by atoms with E-state index in [4.69, 9.17) is 9.97 Å². The zero-order valence-corrected chi connectivity index (χ0v) is 19.6. The molecule has 0 aliphatic carbocycles. The molecule has 1 aliphatic rings. The first kappa shape index (κ1) is 21.2. The van der Waals surface area contributed by atoms with Crippen molar-refractivity contribution in [2.75, 3.05) is 6.54 Å². The molecule has 0 unspecified atom stereocenters. The molecule has 174 valence electrons. The smallest absolute Gasteiger partial charge is 0.261 e. The van der Waals surface area contributed by atoms with Crippen molar-refractivity contribution in [3.8, 4) is 0 Å². The van der Waals surface area contributed by atoms with Crippen LogP contribution in [-0.4, -0.2) is 47.4 Å². The molecule has 0 radical (unpaired) electrons. The highest BCUT2D eigenvalue weighted by Crippen LogP contribution is 2.28. The van der Waals surface area contributed by atoms with Crippen LogP contribution >= 0.6 is 0 Å². The largest absolute Gasteiger partial charge is 0.325 e. The number of rotatable bonds is 6. The maximum Gasteiger partial charge on any atom is 0.261 e. The van der Waals surface area contributed by atoms with Crippen LogP contribution in [0.5, 0.6) is 0 Å². The minimum Gasteiger partial charge on any atom is -0.325 e. The Labute approximate surface area is 201 Å². The van der Waals surface area contributed by atoms with Crippen LogP contribution in [0.15, 0.2) is 60.9 Å². The van der Waals surface area contributed by atoms with Gasteiger partial charge in [-0.15, -0.1) is 5.10 Å². The first-order chi connectivity index (χ1) is 17.0. The summed E-state index contributed by atoms with van der Waals surface area (Å²) in [7, 11) is 0. The van der Waals surface area contributed by atoms with Gasteiger partial charge in [0, 0.05) is 25.2 Å². The van der Waals surface area contributed by atoms with Gasteiger partial charge in [-0.3, -0.25) is 14.5 Å². The molecule has 35 heavy (non-hydrogen) atoms. The lowest BCUT2D eigenvalue weighted by atomic mass is 10.1. The average molecular weight is 465 g/mol. The Bertz CT molecular complexity index is 1580. The van der Waals surface area contributed by atoms with E-state index in [0.29, 0.717) is 36.3 Å². The molecule has 5 aromatic rings. The van der Waals surface area contributed by atoms with E-state index in [2.05, 4.69) is 35.6 Å². The fraction of sp³-hybridized carbons (Fsp3) is 0.222. The van der Waals surface area contributed by atoms with Gasteiger partial charge >= 0.3 is 0 Å². The van der Waals surface area contributed by atoms with Crippen LogP contribution in [-0.2, 0) is 13.0 Å². The quantitative estimate of drug-likeness (QED) is 0.355. The second-order valence-electron chi connectivity index (χ2n) is 8.93. The number of hydrogen-bond donors (Lipinski definition) is 0. The highest BCUT2D eigenvalue weighted by molar-refractivity contribution is 6.21. The van der Waals surface area contributed by atoms with Crippen LogP contribution in [0.2, 0.25) is 0 Å². The Morgan fingerprint density at radius 3 is 2.26 bits per heavy atom. The maximum atomic E-state index is 12.6. The molecular formula is C27H24N6O2. The highest BCUT2D eigenvalue weighted by atomic mass is 16.2. The fourth-order valence-electron chi connectivity index (χ4n) is 4.88. The summed E-state index contributed by atoms with van der Waals surface area (Å²) in [5.41, 5.74) is 6.12. The fourth-order valence-corrected chi connectivity index (χ4v) is 4.88. The molecule has 1 aliphatic heterocycles. The van der Waals surface area contributed by atoms with Crippen molar-refractivity contribution < 1.29 is 9.59 Å². The molecule has 0 spiro atoms. The number of fused-ring (bicyclic) bond motifs is 4. The Morgan fingerprint density at radius 1 is 0.857 bits per heavy atom. The van der Waals surface area contributed by atoms with Crippen LogP contribution in [0.1, 0.15) is 49.8 Å². The summed E-state index contributed by atoms with van der Waals surface area (Å²) in [5.74, 6) is 0.208. The number of imide groups is 1. The van der Waals surface area contributed by atoms with Gasteiger partial charge in [0.25, 0.3) is 11.8 Å². The molecule has 4 heterocycles. The van der Waals surface area contributed by atoms with Gasteiger partial charge in [0.15, 0.2) is 11.5 Å². The number of nitrogens with zero attached hydrogens (tertiary/aromatic N) is 6. The van der Waals surface area contributed by atoms with Crippen molar-refractivity contribution in [3.63, 3.8) is 0 Å². The van der Waals surface area contributed by atoms with E-state index in [1.807, 2.05) is 18.2 Å². The minimum absolute atomic E-state index is 0.231. The summed E-state index contributed by atoms with van der Waals surface area (Å²) in [5, 5.41) is 5.61. The molecule has 2 amide bonds. The van der Waals surface area contributed by atoms with Crippen molar-refractivity contribution in [3.05, 3.63) is 94.7 Å². The molecule has 0 atom stereocenters. The summed E-state index contributed by atoms with van der Waals surface area (Å²) in [6, 6.07) is 17.3. The molecule has 3 aromatic heterocycles. The third-order valence-electron chi connectivity index (χ3n) is 6.83. The van der Waals surface area contributed by atoms with Gasteiger partial charge in [0.1, 0.15) is 12.0 Å². The number of carbonyl (C=O) groups excluding carboxylic acids is 2. The summed E-state index contributed by atoms with van der Waals surface area (Å²) in [4.78, 5) is 36.0. The maximum absolute atomic E-state index is 12.6. The van der Waals surface area contributed by atoms with Crippen LogP contribution in [0, 0.1) is 13.8 Å². The van der Waals surface area contributed by atoms with E-state index >= 15 is 0 Å². The first-order valence-corrected chi connectivity index (χ1v) is 11.7. The molecule has 0 saturated carbocycles. The number of aryl methyl sites for hydroxylation is 2. The molecule has 8 heteroatoms. The zero-order chi connectivity index (χ0) is 24.1. The molecule has 0 fully saturated rings. The Kier molecular flexibility index (Phi) is 4.95. The van der Waals surface area contributed by atoms with Crippen molar-refractivity contribution in [1.29, 1.82) is 0 Å². The number of benzene rings is 2. The third-order valence-corrected chi connectivity index (χ3v) is 6.83. The van der Waals surface area contributed by atoms with Gasteiger partial charge in [-0.25, -0.2) is 14.5 Å². The van der Waals surface area contributed by atoms with Crippen LogP contribution in [0.4, 0.5) is 0 Å². The van der Waals surface area contributed by atoms with Gasteiger partial charge in [-0.2, -0.15) is 0 Å². The number of carbonyl (C=O) groups is 2. The number of amides is 2. The third kappa shape index (κ3) is 3.41. The average Bonchev–Trinajstić information content (AvgIpc) is 3.48. The molecular weight excluding hydrogens is 440 g/mol. The van der Waals surface area contributed by atoms with E-state index < -0.39 is 0 Å².